The maximum absolute atomic E-state index is 12.4. The van der Waals surface area contributed by atoms with E-state index in [9.17, 15) is 14.9 Å². The van der Waals surface area contributed by atoms with Crippen LogP contribution in [0.15, 0.2) is 24.6 Å². The van der Waals surface area contributed by atoms with Crippen molar-refractivity contribution in [2.24, 2.45) is 5.41 Å². The number of likely N-dealkylation sites (tertiary alicyclic amines) is 1. The summed E-state index contributed by atoms with van der Waals surface area (Å²) in [6.45, 7) is 5.66. The summed E-state index contributed by atoms with van der Waals surface area (Å²) in [5.41, 5.74) is -1.38. The van der Waals surface area contributed by atoms with Crippen LogP contribution in [0, 0.1) is 16.7 Å². The summed E-state index contributed by atoms with van der Waals surface area (Å²) in [5, 5.41) is 9.36. The number of hydrogen-bond acceptors (Lipinski definition) is 4. The summed E-state index contributed by atoms with van der Waals surface area (Å²) in [6.07, 6.45) is 5.56. The Bertz CT molecular complexity index is 537. The normalized spacial score (nSPS) is 23.6. The number of ether oxygens (including phenoxy) is 1. The minimum Gasteiger partial charge on any atom is -0.452 e. The molecule has 1 spiro atoms. The molecule has 0 aromatic rings. The Balaban J connectivity index is 2.28. The Morgan fingerprint density at radius 1 is 1.40 bits per heavy atom. The number of β-lactam (4-membered cyclic amide) rings is 1. The van der Waals surface area contributed by atoms with Crippen LogP contribution < -0.4 is 0 Å². The lowest BCUT2D eigenvalue weighted by molar-refractivity contribution is -0.165. The van der Waals surface area contributed by atoms with Crippen LogP contribution in [0.2, 0.25) is 0 Å². The fraction of sp³-hybridized carbons (Fsp3) is 0.500. The van der Waals surface area contributed by atoms with Gasteiger partial charge in [-0.15, -0.1) is 0 Å². The second-order valence-corrected chi connectivity index (χ2v) is 5.82. The molecule has 0 aromatic carbocycles. The number of amides is 2. The molecule has 1 atom stereocenters. The van der Waals surface area contributed by atoms with Crippen LogP contribution in [0.5, 0.6) is 0 Å². The van der Waals surface area contributed by atoms with Gasteiger partial charge in [-0.3, -0.25) is 9.69 Å². The van der Waals surface area contributed by atoms with Crippen LogP contribution in [-0.2, 0) is 9.53 Å². The first kappa shape index (κ1) is 14.1. The Labute approximate surface area is 117 Å². The highest BCUT2D eigenvalue weighted by Crippen LogP contribution is 2.47. The van der Waals surface area contributed by atoms with Crippen LogP contribution in [0.25, 0.3) is 0 Å². The van der Waals surface area contributed by atoms with Gasteiger partial charge in [0.25, 0.3) is 0 Å². The van der Waals surface area contributed by atoms with Gasteiger partial charge >= 0.3 is 6.09 Å². The molecule has 1 unspecified atom stereocenters. The monoisotopic (exact) mass is 275 g/mol. The second-order valence-electron chi connectivity index (χ2n) is 5.82. The quantitative estimate of drug-likeness (QED) is 0.630. The first-order chi connectivity index (χ1) is 9.28. The third-order valence-corrected chi connectivity index (χ3v) is 3.55. The van der Waals surface area contributed by atoms with Crippen LogP contribution >= 0.6 is 0 Å². The lowest BCUT2D eigenvalue weighted by Gasteiger charge is -2.56. The van der Waals surface area contributed by atoms with Gasteiger partial charge in [0.05, 0.1) is 13.2 Å². The maximum atomic E-state index is 12.4. The maximum Gasteiger partial charge on any atom is 0.417 e. The first-order valence-corrected chi connectivity index (χ1v) is 6.26. The van der Waals surface area contributed by atoms with Gasteiger partial charge in [-0.2, -0.15) is 5.26 Å². The molecule has 0 bridgehead atoms. The molecule has 1 fully saturated rings. The number of rotatable bonds is 0. The van der Waals surface area contributed by atoms with Crippen molar-refractivity contribution in [2.75, 3.05) is 7.11 Å². The van der Waals surface area contributed by atoms with Crippen molar-refractivity contribution >= 4 is 12.0 Å². The van der Waals surface area contributed by atoms with E-state index in [1.165, 1.54) is 24.4 Å². The van der Waals surface area contributed by atoms with Crippen molar-refractivity contribution in [3.8, 4) is 6.07 Å². The predicted octanol–water partition coefficient (Wildman–Crippen LogP) is 1.62. The zero-order chi connectivity index (χ0) is 15.1. The van der Waals surface area contributed by atoms with E-state index in [2.05, 4.69) is 10.8 Å². The summed E-state index contributed by atoms with van der Waals surface area (Å²) in [7, 11) is 1.28. The molecule has 2 amide bonds. The number of carbonyl (C=O) groups excluding carboxylic acids is 2. The van der Waals surface area contributed by atoms with Gasteiger partial charge in [0.15, 0.2) is 0 Å². The third kappa shape index (κ3) is 1.78. The van der Waals surface area contributed by atoms with Crippen molar-refractivity contribution in [3.63, 3.8) is 0 Å². The van der Waals surface area contributed by atoms with Crippen molar-refractivity contribution in [1.82, 2.24) is 9.80 Å². The zero-order valence-corrected chi connectivity index (χ0v) is 12.0. The second kappa shape index (κ2) is 4.37. The van der Waals surface area contributed by atoms with Gasteiger partial charge in [-0.25, -0.2) is 4.79 Å². The van der Waals surface area contributed by atoms with Crippen molar-refractivity contribution in [1.29, 1.82) is 5.26 Å². The van der Waals surface area contributed by atoms with Crippen LogP contribution in [0.1, 0.15) is 20.8 Å². The number of hydrogen-bond donors (Lipinski definition) is 0. The highest BCUT2D eigenvalue weighted by Gasteiger charge is 2.61. The summed E-state index contributed by atoms with van der Waals surface area (Å²) in [6, 6.07) is 1.61. The number of carbonyl (C=O) groups is 2. The molecule has 6 heteroatoms. The number of nitriles is 1. The minimum absolute atomic E-state index is 0.131. The standard InChI is InChI=1S/C14H17N3O3/c1-13(2,3)17-10(9-15)14(11(17)18)5-7-16(8-6-14)12(19)20-4/h5-8,10H,1-4H3. The average Bonchev–Trinajstić information content (AvgIpc) is 2.41. The topological polar surface area (TPSA) is 73.6 Å². The van der Waals surface area contributed by atoms with Crippen molar-refractivity contribution in [3.05, 3.63) is 24.6 Å². The molecule has 106 valence electrons. The van der Waals surface area contributed by atoms with Gasteiger partial charge in [0.1, 0.15) is 11.5 Å². The van der Waals surface area contributed by atoms with Gasteiger partial charge in [0.2, 0.25) is 5.91 Å². The van der Waals surface area contributed by atoms with E-state index in [4.69, 9.17) is 0 Å². The van der Waals surface area contributed by atoms with Crippen LogP contribution in [0.3, 0.4) is 0 Å². The molecule has 2 rings (SSSR count). The molecular weight excluding hydrogens is 258 g/mol. The van der Waals surface area contributed by atoms with Gasteiger partial charge in [-0.05, 0) is 32.9 Å². The molecule has 0 N–H and O–H groups in total. The summed E-state index contributed by atoms with van der Waals surface area (Å²) < 4.78 is 4.59. The predicted molar refractivity (Wildman–Crippen MR) is 71.0 cm³/mol. The van der Waals surface area contributed by atoms with Crippen molar-refractivity contribution < 1.29 is 14.3 Å². The number of nitrogens with zero attached hydrogens (tertiary/aromatic N) is 3. The molecule has 2 heterocycles. The van der Waals surface area contributed by atoms with Gasteiger partial charge in [0, 0.05) is 17.9 Å². The first-order valence-electron chi connectivity index (χ1n) is 6.26. The van der Waals surface area contributed by atoms with E-state index in [-0.39, 0.29) is 5.91 Å². The molecule has 2 aliphatic heterocycles. The largest absolute Gasteiger partial charge is 0.452 e. The molecule has 0 aliphatic carbocycles. The highest BCUT2D eigenvalue weighted by atomic mass is 16.5. The SMILES string of the molecule is COC(=O)N1C=CC2(C=C1)C(=O)N(C(C)(C)C)C2C#N. The van der Waals surface area contributed by atoms with E-state index in [1.54, 1.807) is 17.1 Å². The third-order valence-electron chi connectivity index (χ3n) is 3.55. The lowest BCUT2D eigenvalue weighted by atomic mass is 9.68. The van der Waals surface area contributed by atoms with Crippen LogP contribution in [-0.4, -0.2) is 40.5 Å². The molecule has 6 nitrogen and oxygen atoms in total. The fourth-order valence-electron chi connectivity index (χ4n) is 2.51. The zero-order valence-electron chi connectivity index (χ0n) is 12.0. The molecular formula is C14H17N3O3. The molecule has 0 aromatic heterocycles. The smallest absolute Gasteiger partial charge is 0.417 e. The van der Waals surface area contributed by atoms with Gasteiger partial charge < -0.3 is 9.64 Å². The highest BCUT2D eigenvalue weighted by molar-refractivity contribution is 5.96. The van der Waals surface area contributed by atoms with E-state index in [1.807, 2.05) is 20.8 Å². The fourth-order valence-corrected chi connectivity index (χ4v) is 2.51. The Kier molecular flexibility index (Phi) is 3.09. The lowest BCUT2D eigenvalue weighted by Crippen LogP contribution is -2.72. The molecule has 0 saturated carbocycles. The Hall–Kier alpha value is -2.29. The molecule has 1 saturated heterocycles. The Morgan fingerprint density at radius 3 is 2.35 bits per heavy atom. The average molecular weight is 275 g/mol. The summed E-state index contributed by atoms with van der Waals surface area (Å²) in [5.74, 6) is -0.131. The summed E-state index contributed by atoms with van der Waals surface area (Å²) in [4.78, 5) is 26.6. The van der Waals surface area contributed by atoms with E-state index in [0.717, 1.165) is 0 Å². The molecule has 2 aliphatic rings. The van der Waals surface area contributed by atoms with E-state index >= 15 is 0 Å². The minimum atomic E-state index is -0.966. The Morgan fingerprint density at radius 2 is 1.95 bits per heavy atom. The molecule has 0 radical (unpaired) electrons. The summed E-state index contributed by atoms with van der Waals surface area (Å²) >= 11 is 0. The van der Waals surface area contributed by atoms with Crippen LogP contribution in [0.4, 0.5) is 4.79 Å². The van der Waals surface area contributed by atoms with E-state index in [0.29, 0.717) is 0 Å². The van der Waals surface area contributed by atoms with E-state index < -0.39 is 23.1 Å². The molecule has 20 heavy (non-hydrogen) atoms. The number of methoxy groups -OCH3 is 1. The van der Waals surface area contributed by atoms with Gasteiger partial charge in [-0.1, -0.05) is 0 Å². The van der Waals surface area contributed by atoms with Crippen molar-refractivity contribution in [2.45, 2.75) is 32.4 Å².